The number of rotatable bonds is 3. The third kappa shape index (κ3) is 2.22. The van der Waals surface area contributed by atoms with E-state index in [4.69, 9.17) is 0 Å². The minimum absolute atomic E-state index is 0.881. The van der Waals surface area contributed by atoms with Gasteiger partial charge in [-0.25, -0.2) is 0 Å². The molecule has 1 saturated carbocycles. The van der Waals surface area contributed by atoms with Gasteiger partial charge in [-0.15, -0.1) is 0 Å². The van der Waals surface area contributed by atoms with Crippen LogP contribution in [-0.4, -0.2) is 36.6 Å². The fourth-order valence-electron chi connectivity index (χ4n) is 5.29. The molecule has 4 fully saturated rings. The highest BCUT2D eigenvalue weighted by Crippen LogP contribution is 2.38. The first kappa shape index (κ1) is 11.7. The van der Waals surface area contributed by atoms with Crippen LogP contribution in [0.3, 0.4) is 0 Å². The van der Waals surface area contributed by atoms with E-state index in [9.17, 15) is 0 Å². The molecule has 0 aromatic carbocycles. The number of piperidine rings is 1. The summed E-state index contributed by atoms with van der Waals surface area (Å²) in [7, 11) is 0. The van der Waals surface area contributed by atoms with Crippen molar-refractivity contribution in [1.29, 1.82) is 0 Å². The summed E-state index contributed by atoms with van der Waals surface area (Å²) in [4.78, 5) is 2.79. The number of hydrogen-bond acceptors (Lipinski definition) is 2. The average molecular weight is 248 g/mol. The summed E-state index contributed by atoms with van der Waals surface area (Å²) in [5, 5.41) is 3.77. The van der Waals surface area contributed by atoms with Crippen LogP contribution in [0.15, 0.2) is 0 Å². The van der Waals surface area contributed by atoms with Crippen LogP contribution in [0.4, 0.5) is 0 Å². The molecule has 0 radical (unpaired) electrons. The largest absolute Gasteiger partial charge is 0.311 e. The van der Waals surface area contributed by atoms with Crippen LogP contribution in [0.5, 0.6) is 0 Å². The Morgan fingerprint density at radius 2 is 1.56 bits per heavy atom. The molecule has 4 aliphatic rings. The van der Waals surface area contributed by atoms with Crippen LogP contribution in [0.25, 0.3) is 0 Å². The summed E-state index contributed by atoms with van der Waals surface area (Å²) >= 11 is 0. The van der Waals surface area contributed by atoms with Gasteiger partial charge < -0.3 is 10.2 Å². The molecule has 0 aromatic heterocycles. The maximum Gasteiger partial charge on any atom is 0.00728 e. The van der Waals surface area contributed by atoms with Gasteiger partial charge in [-0.3, -0.25) is 0 Å². The average Bonchev–Trinajstić information content (AvgIpc) is 3.01. The molecule has 2 bridgehead atoms. The molecule has 1 aliphatic carbocycles. The van der Waals surface area contributed by atoms with Gasteiger partial charge in [-0.05, 0) is 69.2 Å². The SMILES string of the molecule is C1CC2CN(CCC3CC4CCC(C3)N4)CC2C1. The molecule has 3 aliphatic heterocycles. The van der Waals surface area contributed by atoms with E-state index >= 15 is 0 Å². The summed E-state index contributed by atoms with van der Waals surface area (Å²) < 4.78 is 0. The van der Waals surface area contributed by atoms with Crippen molar-refractivity contribution < 1.29 is 0 Å². The van der Waals surface area contributed by atoms with E-state index in [2.05, 4.69) is 10.2 Å². The maximum atomic E-state index is 3.77. The van der Waals surface area contributed by atoms with E-state index in [0.29, 0.717) is 0 Å². The van der Waals surface area contributed by atoms with Gasteiger partial charge in [0.25, 0.3) is 0 Å². The minimum atomic E-state index is 0.881. The molecule has 4 rings (SSSR count). The zero-order chi connectivity index (χ0) is 11.9. The third-order valence-corrected chi connectivity index (χ3v) is 6.23. The number of fused-ring (bicyclic) bond motifs is 3. The van der Waals surface area contributed by atoms with Crippen molar-refractivity contribution in [1.82, 2.24) is 10.2 Å². The summed E-state index contributed by atoms with van der Waals surface area (Å²) in [6, 6.07) is 1.76. The lowest BCUT2D eigenvalue weighted by molar-refractivity contribution is 0.234. The Hall–Kier alpha value is -0.0800. The van der Waals surface area contributed by atoms with E-state index in [1.807, 2.05) is 0 Å². The number of nitrogens with one attached hydrogen (secondary N) is 1. The van der Waals surface area contributed by atoms with Gasteiger partial charge in [0.15, 0.2) is 0 Å². The second-order valence-corrected chi connectivity index (χ2v) is 7.47. The van der Waals surface area contributed by atoms with Crippen molar-refractivity contribution in [3.63, 3.8) is 0 Å². The van der Waals surface area contributed by atoms with Gasteiger partial charge in [-0.1, -0.05) is 6.42 Å². The Morgan fingerprint density at radius 1 is 0.889 bits per heavy atom. The number of likely N-dealkylation sites (tertiary alicyclic amines) is 1. The molecule has 102 valence electrons. The summed E-state index contributed by atoms with van der Waals surface area (Å²) in [5.41, 5.74) is 0. The minimum Gasteiger partial charge on any atom is -0.311 e. The molecule has 2 heteroatoms. The predicted molar refractivity (Wildman–Crippen MR) is 74.6 cm³/mol. The third-order valence-electron chi connectivity index (χ3n) is 6.23. The topological polar surface area (TPSA) is 15.3 Å². The van der Waals surface area contributed by atoms with E-state index in [1.54, 1.807) is 0 Å². The standard InChI is InChI=1S/C16H28N2/c1-2-13-10-18(11-14(13)3-1)7-6-12-8-15-4-5-16(9-12)17-15/h12-17H,1-11H2. The first-order chi connectivity index (χ1) is 8.87. The van der Waals surface area contributed by atoms with E-state index < -0.39 is 0 Å². The molecule has 0 amide bonds. The first-order valence-electron chi connectivity index (χ1n) is 8.35. The van der Waals surface area contributed by atoms with Crippen LogP contribution in [-0.2, 0) is 0 Å². The smallest absolute Gasteiger partial charge is 0.00728 e. The van der Waals surface area contributed by atoms with Crippen LogP contribution in [0.1, 0.15) is 51.4 Å². The van der Waals surface area contributed by atoms with Crippen LogP contribution >= 0.6 is 0 Å². The molecule has 3 heterocycles. The van der Waals surface area contributed by atoms with Gasteiger partial charge >= 0.3 is 0 Å². The Bertz CT molecular complexity index is 279. The zero-order valence-corrected chi connectivity index (χ0v) is 11.6. The fourth-order valence-corrected chi connectivity index (χ4v) is 5.29. The van der Waals surface area contributed by atoms with Gasteiger partial charge in [0.05, 0.1) is 0 Å². The van der Waals surface area contributed by atoms with Crippen LogP contribution < -0.4 is 5.32 Å². The first-order valence-corrected chi connectivity index (χ1v) is 8.35. The van der Waals surface area contributed by atoms with Crippen molar-refractivity contribution in [3.05, 3.63) is 0 Å². The van der Waals surface area contributed by atoms with Crippen molar-refractivity contribution >= 4 is 0 Å². The molecular formula is C16H28N2. The van der Waals surface area contributed by atoms with Gasteiger partial charge in [0.2, 0.25) is 0 Å². The number of nitrogens with zero attached hydrogens (tertiary/aromatic N) is 1. The van der Waals surface area contributed by atoms with E-state index in [-0.39, 0.29) is 0 Å². The molecule has 18 heavy (non-hydrogen) atoms. The Kier molecular flexibility index (Phi) is 3.12. The molecule has 4 unspecified atom stereocenters. The lowest BCUT2D eigenvalue weighted by atomic mass is 9.89. The molecular weight excluding hydrogens is 220 g/mol. The fraction of sp³-hybridized carbons (Fsp3) is 1.00. The second-order valence-electron chi connectivity index (χ2n) is 7.47. The molecule has 0 aromatic rings. The molecule has 3 saturated heterocycles. The maximum absolute atomic E-state index is 3.77. The Balaban J connectivity index is 1.24. The highest BCUT2D eigenvalue weighted by atomic mass is 15.2. The van der Waals surface area contributed by atoms with Crippen LogP contribution in [0.2, 0.25) is 0 Å². The van der Waals surface area contributed by atoms with Crippen molar-refractivity contribution in [3.8, 4) is 0 Å². The highest BCUT2D eigenvalue weighted by Gasteiger charge is 2.37. The van der Waals surface area contributed by atoms with Gasteiger partial charge in [0.1, 0.15) is 0 Å². The second kappa shape index (κ2) is 4.79. The molecule has 2 nitrogen and oxygen atoms in total. The van der Waals surface area contributed by atoms with Crippen LogP contribution in [0, 0.1) is 17.8 Å². The summed E-state index contributed by atoms with van der Waals surface area (Å²) in [6.07, 6.45) is 11.9. The molecule has 0 spiro atoms. The van der Waals surface area contributed by atoms with Crippen molar-refractivity contribution in [2.75, 3.05) is 19.6 Å². The summed E-state index contributed by atoms with van der Waals surface area (Å²) in [5.74, 6) is 3.19. The lowest BCUT2D eigenvalue weighted by Crippen LogP contribution is -2.39. The molecule has 1 N–H and O–H groups in total. The Morgan fingerprint density at radius 3 is 2.22 bits per heavy atom. The van der Waals surface area contributed by atoms with Gasteiger partial charge in [0, 0.05) is 25.2 Å². The van der Waals surface area contributed by atoms with Crippen molar-refractivity contribution in [2.24, 2.45) is 17.8 Å². The quantitative estimate of drug-likeness (QED) is 0.826. The van der Waals surface area contributed by atoms with E-state index in [0.717, 1.165) is 29.8 Å². The zero-order valence-electron chi connectivity index (χ0n) is 11.6. The van der Waals surface area contributed by atoms with Crippen molar-refractivity contribution in [2.45, 2.75) is 63.5 Å². The lowest BCUT2D eigenvalue weighted by Gasteiger charge is -2.30. The predicted octanol–water partition coefficient (Wildman–Crippen LogP) is 2.64. The monoisotopic (exact) mass is 248 g/mol. The normalized spacial score (nSPS) is 47.7. The van der Waals surface area contributed by atoms with E-state index in [1.165, 1.54) is 71.0 Å². The summed E-state index contributed by atoms with van der Waals surface area (Å²) in [6.45, 7) is 4.27. The van der Waals surface area contributed by atoms with Gasteiger partial charge in [-0.2, -0.15) is 0 Å². The Labute approximate surface area is 111 Å². The highest BCUT2D eigenvalue weighted by molar-refractivity contribution is 4.93. The number of hydrogen-bond donors (Lipinski definition) is 1. The molecule has 4 atom stereocenters.